The second kappa shape index (κ2) is 12.5. The van der Waals surface area contributed by atoms with E-state index in [-0.39, 0.29) is 5.92 Å². The molecule has 0 aromatic carbocycles. The summed E-state index contributed by atoms with van der Waals surface area (Å²) in [5, 5.41) is 9.29. The topological polar surface area (TPSA) is 37.3 Å². The van der Waals surface area contributed by atoms with E-state index in [1.54, 1.807) is 0 Å². The van der Waals surface area contributed by atoms with E-state index < -0.39 is 5.97 Å². The van der Waals surface area contributed by atoms with Gasteiger partial charge in [-0.25, -0.2) is 0 Å². The smallest absolute Gasteiger partial charge is 0.306 e. The summed E-state index contributed by atoms with van der Waals surface area (Å²) in [4.78, 5) is 11.3. The molecule has 2 heteroatoms. The van der Waals surface area contributed by atoms with Crippen molar-refractivity contribution in [1.82, 2.24) is 0 Å². The van der Waals surface area contributed by atoms with Crippen molar-refractivity contribution in [3.63, 3.8) is 0 Å². The molecule has 114 valence electrons. The SMILES string of the molecule is CCCCCCCCCC(CC(CC)CC)C(=O)O. The standard InChI is InChI=1S/C17H34O2/c1-4-7-8-9-10-11-12-13-16(17(18)19)14-15(5-2)6-3/h15-16H,4-14H2,1-3H3,(H,18,19). The van der Waals surface area contributed by atoms with Crippen LogP contribution in [0.2, 0.25) is 0 Å². The first-order valence-electron chi connectivity index (χ1n) is 8.38. The number of unbranched alkanes of at least 4 members (excludes halogenated alkanes) is 6. The number of carboxylic acids is 1. The second-order valence-corrected chi connectivity index (χ2v) is 5.86. The first kappa shape index (κ1) is 18.5. The van der Waals surface area contributed by atoms with Gasteiger partial charge in [-0.3, -0.25) is 4.79 Å². The highest BCUT2D eigenvalue weighted by Crippen LogP contribution is 2.24. The number of aliphatic carboxylic acids is 1. The van der Waals surface area contributed by atoms with Crippen LogP contribution in [-0.2, 0) is 4.79 Å². The van der Waals surface area contributed by atoms with Crippen LogP contribution in [0.5, 0.6) is 0 Å². The lowest BCUT2D eigenvalue weighted by Gasteiger charge is -2.18. The maximum atomic E-state index is 11.3. The molecule has 2 nitrogen and oxygen atoms in total. The minimum absolute atomic E-state index is 0.111. The molecule has 0 bridgehead atoms. The zero-order valence-electron chi connectivity index (χ0n) is 13.3. The van der Waals surface area contributed by atoms with E-state index in [0.717, 1.165) is 32.1 Å². The molecular weight excluding hydrogens is 236 g/mol. The molecule has 0 fully saturated rings. The molecule has 0 heterocycles. The Morgan fingerprint density at radius 1 is 0.895 bits per heavy atom. The zero-order chi connectivity index (χ0) is 14.5. The molecule has 0 aliphatic rings. The van der Waals surface area contributed by atoms with Crippen LogP contribution in [0.1, 0.15) is 91.4 Å². The molecule has 0 radical (unpaired) electrons. The molecule has 1 N–H and O–H groups in total. The zero-order valence-corrected chi connectivity index (χ0v) is 13.3. The first-order chi connectivity index (χ1) is 9.15. The molecule has 0 aromatic heterocycles. The van der Waals surface area contributed by atoms with Gasteiger partial charge >= 0.3 is 5.97 Å². The van der Waals surface area contributed by atoms with Crippen molar-refractivity contribution >= 4 is 5.97 Å². The highest BCUT2D eigenvalue weighted by Gasteiger charge is 2.20. The molecule has 0 aliphatic heterocycles. The largest absolute Gasteiger partial charge is 0.481 e. The fourth-order valence-electron chi connectivity index (χ4n) is 2.71. The Kier molecular flexibility index (Phi) is 12.2. The normalized spacial score (nSPS) is 12.8. The van der Waals surface area contributed by atoms with Gasteiger partial charge in [-0.1, -0.05) is 78.6 Å². The monoisotopic (exact) mass is 270 g/mol. The average molecular weight is 270 g/mol. The minimum Gasteiger partial charge on any atom is -0.481 e. The third-order valence-corrected chi connectivity index (χ3v) is 4.28. The summed E-state index contributed by atoms with van der Waals surface area (Å²) in [5.41, 5.74) is 0. The Labute approximate surface area is 120 Å². The molecule has 0 aliphatic carbocycles. The summed E-state index contributed by atoms with van der Waals surface area (Å²) in [6, 6.07) is 0. The van der Waals surface area contributed by atoms with Crippen LogP contribution < -0.4 is 0 Å². The van der Waals surface area contributed by atoms with Crippen LogP contribution in [0, 0.1) is 11.8 Å². The van der Waals surface area contributed by atoms with Gasteiger partial charge in [-0.2, -0.15) is 0 Å². The van der Waals surface area contributed by atoms with Gasteiger partial charge in [0.2, 0.25) is 0 Å². The maximum absolute atomic E-state index is 11.3. The summed E-state index contributed by atoms with van der Waals surface area (Å²) in [6.45, 7) is 6.57. The van der Waals surface area contributed by atoms with Crippen LogP contribution in [-0.4, -0.2) is 11.1 Å². The maximum Gasteiger partial charge on any atom is 0.306 e. The average Bonchev–Trinajstić information content (AvgIpc) is 2.41. The minimum atomic E-state index is -0.585. The fourth-order valence-corrected chi connectivity index (χ4v) is 2.71. The number of hydrogen-bond acceptors (Lipinski definition) is 1. The van der Waals surface area contributed by atoms with Crippen LogP contribution in [0.3, 0.4) is 0 Å². The first-order valence-corrected chi connectivity index (χ1v) is 8.38. The van der Waals surface area contributed by atoms with E-state index in [1.165, 1.54) is 38.5 Å². The van der Waals surface area contributed by atoms with E-state index in [0.29, 0.717) is 5.92 Å². The summed E-state index contributed by atoms with van der Waals surface area (Å²) < 4.78 is 0. The Bertz CT molecular complexity index is 209. The van der Waals surface area contributed by atoms with Crippen LogP contribution in [0.25, 0.3) is 0 Å². The molecule has 19 heavy (non-hydrogen) atoms. The summed E-state index contributed by atoms with van der Waals surface area (Å²) >= 11 is 0. The van der Waals surface area contributed by atoms with E-state index >= 15 is 0 Å². The molecular formula is C17H34O2. The number of carboxylic acid groups (broad SMARTS) is 1. The Morgan fingerprint density at radius 3 is 1.89 bits per heavy atom. The molecule has 0 saturated carbocycles. The highest BCUT2D eigenvalue weighted by molar-refractivity contribution is 5.69. The van der Waals surface area contributed by atoms with Gasteiger partial charge in [0, 0.05) is 0 Å². The van der Waals surface area contributed by atoms with E-state index in [1.807, 2.05) is 0 Å². The molecule has 0 spiro atoms. The Hall–Kier alpha value is -0.530. The lowest BCUT2D eigenvalue weighted by molar-refractivity contribution is -0.142. The van der Waals surface area contributed by atoms with Gasteiger partial charge in [-0.05, 0) is 18.8 Å². The van der Waals surface area contributed by atoms with Crippen LogP contribution in [0.15, 0.2) is 0 Å². The summed E-state index contributed by atoms with van der Waals surface area (Å²) in [6.07, 6.45) is 12.8. The van der Waals surface area contributed by atoms with Crippen molar-refractivity contribution in [2.75, 3.05) is 0 Å². The van der Waals surface area contributed by atoms with Crippen LogP contribution >= 0.6 is 0 Å². The predicted molar refractivity (Wildman–Crippen MR) is 82.4 cm³/mol. The Morgan fingerprint density at radius 2 is 1.42 bits per heavy atom. The van der Waals surface area contributed by atoms with Crippen molar-refractivity contribution in [3.8, 4) is 0 Å². The predicted octanol–water partition coefficient (Wildman–Crippen LogP) is 5.65. The van der Waals surface area contributed by atoms with Gasteiger partial charge in [-0.15, -0.1) is 0 Å². The molecule has 0 saturated heterocycles. The molecule has 1 atom stereocenters. The van der Waals surface area contributed by atoms with Crippen molar-refractivity contribution in [2.24, 2.45) is 11.8 Å². The molecule has 1 unspecified atom stereocenters. The highest BCUT2D eigenvalue weighted by atomic mass is 16.4. The fraction of sp³-hybridized carbons (Fsp3) is 0.941. The van der Waals surface area contributed by atoms with Crippen molar-refractivity contribution in [2.45, 2.75) is 91.4 Å². The number of hydrogen-bond donors (Lipinski definition) is 1. The quantitative estimate of drug-likeness (QED) is 0.439. The third-order valence-electron chi connectivity index (χ3n) is 4.28. The second-order valence-electron chi connectivity index (χ2n) is 5.86. The summed E-state index contributed by atoms with van der Waals surface area (Å²) in [7, 11) is 0. The van der Waals surface area contributed by atoms with Gasteiger partial charge in [0.05, 0.1) is 5.92 Å². The van der Waals surface area contributed by atoms with Gasteiger partial charge in [0.25, 0.3) is 0 Å². The van der Waals surface area contributed by atoms with Crippen LogP contribution in [0.4, 0.5) is 0 Å². The van der Waals surface area contributed by atoms with Crippen molar-refractivity contribution in [3.05, 3.63) is 0 Å². The van der Waals surface area contributed by atoms with Gasteiger partial charge in [0.1, 0.15) is 0 Å². The molecule has 0 aromatic rings. The summed E-state index contributed by atoms with van der Waals surface area (Å²) in [5.74, 6) is -0.107. The van der Waals surface area contributed by atoms with Gasteiger partial charge < -0.3 is 5.11 Å². The lowest BCUT2D eigenvalue weighted by Crippen LogP contribution is -2.17. The lowest BCUT2D eigenvalue weighted by atomic mass is 9.87. The molecule has 0 amide bonds. The van der Waals surface area contributed by atoms with Gasteiger partial charge in [0.15, 0.2) is 0 Å². The Balaban J connectivity index is 3.74. The van der Waals surface area contributed by atoms with Crippen molar-refractivity contribution < 1.29 is 9.90 Å². The van der Waals surface area contributed by atoms with E-state index in [9.17, 15) is 9.90 Å². The number of carbonyl (C=O) groups is 1. The third kappa shape index (κ3) is 9.98. The van der Waals surface area contributed by atoms with E-state index in [4.69, 9.17) is 0 Å². The van der Waals surface area contributed by atoms with Crippen molar-refractivity contribution in [1.29, 1.82) is 0 Å². The van der Waals surface area contributed by atoms with E-state index in [2.05, 4.69) is 20.8 Å². The number of rotatable bonds is 13. The molecule has 0 rings (SSSR count).